The smallest absolute Gasteiger partial charge is 0.272 e. The maximum Gasteiger partial charge on any atom is 0.272 e. The predicted octanol–water partition coefficient (Wildman–Crippen LogP) is 2.55. The average molecular weight is 350 g/mol. The number of nitrogens with one attached hydrogen (secondary N) is 1. The molecule has 0 spiro atoms. The number of nitrogens with two attached hydrogens (primary N) is 1. The Balaban J connectivity index is 2.25. The zero-order valence-electron chi connectivity index (χ0n) is 11.6. The van der Waals surface area contributed by atoms with Gasteiger partial charge in [-0.2, -0.15) is 0 Å². The number of hydrogen-bond acceptors (Lipinski definition) is 2. The van der Waals surface area contributed by atoms with Gasteiger partial charge in [-0.3, -0.25) is 9.59 Å². The zero-order chi connectivity index (χ0) is 15.4. The molecule has 1 aromatic carbocycles. The third-order valence-electron chi connectivity index (χ3n) is 3.07. The Morgan fingerprint density at radius 2 is 2.05 bits per heavy atom. The summed E-state index contributed by atoms with van der Waals surface area (Å²) in [6, 6.07) is 8.89. The van der Waals surface area contributed by atoms with Gasteiger partial charge >= 0.3 is 0 Å². The maximum atomic E-state index is 12.4. The van der Waals surface area contributed by atoms with Crippen LogP contribution < -0.4 is 11.1 Å². The van der Waals surface area contributed by atoms with E-state index in [1.165, 1.54) is 0 Å². The molecule has 2 rings (SSSR count). The van der Waals surface area contributed by atoms with Gasteiger partial charge < -0.3 is 15.6 Å². The lowest BCUT2D eigenvalue weighted by molar-refractivity contribution is -0.117. The number of amides is 2. The van der Waals surface area contributed by atoms with Gasteiger partial charge in [-0.15, -0.1) is 0 Å². The van der Waals surface area contributed by atoms with Crippen molar-refractivity contribution in [3.63, 3.8) is 0 Å². The molecule has 0 unspecified atom stereocenters. The van der Waals surface area contributed by atoms with Gasteiger partial charge in [0.15, 0.2) is 0 Å². The van der Waals surface area contributed by atoms with Crippen molar-refractivity contribution in [2.75, 3.05) is 5.32 Å². The highest BCUT2D eigenvalue weighted by atomic mass is 79.9. The molecule has 0 aliphatic carbocycles. The standard InChI is InChI=1S/C15H16BrN3O2/c1-2-19-9-11(16)8-13(19)15(21)18-12-6-4-3-5-10(12)7-14(17)20/h3-6,8-9H,2,7H2,1H3,(H2,17,20)(H,18,21). The van der Waals surface area contributed by atoms with Crippen LogP contribution in [-0.2, 0) is 17.8 Å². The molecule has 1 heterocycles. The van der Waals surface area contributed by atoms with Crippen LogP contribution in [0.1, 0.15) is 23.0 Å². The highest BCUT2D eigenvalue weighted by molar-refractivity contribution is 9.10. The van der Waals surface area contributed by atoms with Crippen molar-refractivity contribution in [1.82, 2.24) is 4.57 Å². The number of primary amides is 1. The Kier molecular flexibility index (Phi) is 4.80. The minimum atomic E-state index is -0.434. The lowest BCUT2D eigenvalue weighted by atomic mass is 10.1. The number of para-hydroxylation sites is 1. The van der Waals surface area contributed by atoms with E-state index in [1.54, 1.807) is 30.3 Å². The number of aryl methyl sites for hydroxylation is 1. The van der Waals surface area contributed by atoms with E-state index in [9.17, 15) is 9.59 Å². The minimum Gasteiger partial charge on any atom is -0.369 e. The molecule has 5 nitrogen and oxygen atoms in total. The summed E-state index contributed by atoms with van der Waals surface area (Å²) in [7, 11) is 0. The van der Waals surface area contributed by atoms with E-state index in [1.807, 2.05) is 17.7 Å². The molecule has 2 amide bonds. The third-order valence-corrected chi connectivity index (χ3v) is 3.50. The van der Waals surface area contributed by atoms with Crippen LogP contribution in [0.15, 0.2) is 41.0 Å². The first-order valence-electron chi connectivity index (χ1n) is 6.54. The molecule has 0 bridgehead atoms. The fraction of sp³-hybridized carbons (Fsp3) is 0.200. The van der Waals surface area contributed by atoms with Gasteiger partial charge in [-0.1, -0.05) is 18.2 Å². The zero-order valence-corrected chi connectivity index (χ0v) is 13.2. The Labute approximate surface area is 131 Å². The van der Waals surface area contributed by atoms with E-state index in [-0.39, 0.29) is 12.3 Å². The highest BCUT2D eigenvalue weighted by Gasteiger charge is 2.14. The molecule has 6 heteroatoms. The summed E-state index contributed by atoms with van der Waals surface area (Å²) >= 11 is 3.36. The van der Waals surface area contributed by atoms with E-state index >= 15 is 0 Å². The topological polar surface area (TPSA) is 77.1 Å². The SMILES string of the molecule is CCn1cc(Br)cc1C(=O)Nc1ccccc1CC(N)=O. The number of nitrogens with zero attached hydrogens (tertiary/aromatic N) is 1. The summed E-state index contributed by atoms with van der Waals surface area (Å²) in [4.78, 5) is 23.5. The number of hydrogen-bond donors (Lipinski definition) is 2. The molecule has 0 aliphatic heterocycles. The van der Waals surface area contributed by atoms with E-state index < -0.39 is 5.91 Å². The third kappa shape index (κ3) is 3.72. The molecule has 0 fully saturated rings. The van der Waals surface area contributed by atoms with Crippen LogP contribution in [0.3, 0.4) is 0 Å². The van der Waals surface area contributed by atoms with Crippen LogP contribution in [0.5, 0.6) is 0 Å². The number of anilines is 1. The predicted molar refractivity (Wildman–Crippen MR) is 85.1 cm³/mol. The molecule has 0 aliphatic rings. The molecule has 0 saturated carbocycles. The largest absolute Gasteiger partial charge is 0.369 e. The van der Waals surface area contributed by atoms with Crippen LogP contribution in [0.25, 0.3) is 0 Å². The van der Waals surface area contributed by atoms with Crippen molar-refractivity contribution in [1.29, 1.82) is 0 Å². The fourth-order valence-corrected chi connectivity index (χ4v) is 2.56. The van der Waals surface area contributed by atoms with Crippen LogP contribution >= 0.6 is 15.9 Å². The molecule has 0 radical (unpaired) electrons. The first-order chi connectivity index (χ1) is 10.0. The number of aromatic nitrogens is 1. The van der Waals surface area contributed by atoms with E-state index in [4.69, 9.17) is 5.73 Å². The van der Waals surface area contributed by atoms with Gasteiger partial charge in [-0.25, -0.2) is 0 Å². The van der Waals surface area contributed by atoms with Crippen molar-refractivity contribution in [2.24, 2.45) is 5.73 Å². The van der Waals surface area contributed by atoms with Crippen LogP contribution in [0.2, 0.25) is 0 Å². The normalized spacial score (nSPS) is 10.4. The van der Waals surface area contributed by atoms with Crippen molar-refractivity contribution < 1.29 is 9.59 Å². The molecule has 0 atom stereocenters. The monoisotopic (exact) mass is 349 g/mol. The Bertz CT molecular complexity index is 679. The van der Waals surface area contributed by atoms with Gasteiger partial charge in [0, 0.05) is 22.9 Å². The average Bonchev–Trinajstić information content (AvgIpc) is 2.81. The number of carbonyl (C=O) groups is 2. The van der Waals surface area contributed by atoms with Gasteiger partial charge in [0.25, 0.3) is 5.91 Å². The van der Waals surface area contributed by atoms with Crippen molar-refractivity contribution in [2.45, 2.75) is 19.9 Å². The summed E-state index contributed by atoms with van der Waals surface area (Å²) in [5.41, 5.74) is 7.08. The van der Waals surface area contributed by atoms with Crippen LogP contribution in [0.4, 0.5) is 5.69 Å². The molecule has 0 saturated heterocycles. The first kappa shape index (κ1) is 15.3. The summed E-state index contributed by atoms with van der Waals surface area (Å²) in [6.07, 6.45) is 1.94. The number of halogens is 1. The lowest BCUT2D eigenvalue weighted by Gasteiger charge is -2.11. The van der Waals surface area contributed by atoms with Gasteiger partial charge in [0.05, 0.1) is 6.42 Å². The lowest BCUT2D eigenvalue weighted by Crippen LogP contribution is -2.19. The molecule has 3 N–H and O–H groups in total. The maximum absolute atomic E-state index is 12.4. The Morgan fingerprint density at radius 3 is 2.71 bits per heavy atom. The van der Waals surface area contributed by atoms with Gasteiger partial charge in [0.1, 0.15) is 5.69 Å². The van der Waals surface area contributed by atoms with E-state index in [0.717, 1.165) is 4.47 Å². The summed E-state index contributed by atoms with van der Waals surface area (Å²) in [5, 5.41) is 2.83. The second-order valence-electron chi connectivity index (χ2n) is 4.58. The summed E-state index contributed by atoms with van der Waals surface area (Å²) in [6.45, 7) is 2.65. The van der Waals surface area contributed by atoms with Crippen molar-refractivity contribution in [3.8, 4) is 0 Å². The number of benzene rings is 1. The molecular weight excluding hydrogens is 334 g/mol. The Morgan fingerprint density at radius 1 is 1.33 bits per heavy atom. The number of carbonyl (C=O) groups excluding carboxylic acids is 2. The molecular formula is C15H16BrN3O2. The Hall–Kier alpha value is -2.08. The summed E-state index contributed by atoms with van der Waals surface area (Å²) in [5.74, 6) is -0.657. The molecule has 21 heavy (non-hydrogen) atoms. The second kappa shape index (κ2) is 6.58. The quantitative estimate of drug-likeness (QED) is 0.869. The second-order valence-corrected chi connectivity index (χ2v) is 5.50. The van der Waals surface area contributed by atoms with Crippen molar-refractivity contribution >= 4 is 33.4 Å². The van der Waals surface area contributed by atoms with Crippen LogP contribution in [-0.4, -0.2) is 16.4 Å². The first-order valence-corrected chi connectivity index (χ1v) is 7.33. The van der Waals surface area contributed by atoms with E-state index in [0.29, 0.717) is 23.5 Å². The minimum absolute atomic E-state index is 0.0922. The van der Waals surface area contributed by atoms with Gasteiger partial charge in [-0.05, 0) is 40.5 Å². The molecule has 110 valence electrons. The van der Waals surface area contributed by atoms with Crippen LogP contribution in [0, 0.1) is 0 Å². The van der Waals surface area contributed by atoms with Crippen molar-refractivity contribution in [3.05, 3.63) is 52.3 Å². The van der Waals surface area contributed by atoms with E-state index in [2.05, 4.69) is 21.2 Å². The fourth-order valence-electron chi connectivity index (χ4n) is 2.10. The molecule has 2 aromatic rings. The number of rotatable bonds is 5. The molecule has 1 aromatic heterocycles. The summed E-state index contributed by atoms with van der Waals surface area (Å²) < 4.78 is 2.69. The van der Waals surface area contributed by atoms with Gasteiger partial charge in [0.2, 0.25) is 5.91 Å². The highest BCUT2D eigenvalue weighted by Crippen LogP contribution is 2.19.